The van der Waals surface area contributed by atoms with Gasteiger partial charge in [0.05, 0.1) is 0 Å². The summed E-state index contributed by atoms with van der Waals surface area (Å²) in [4.78, 5) is 4.15. The Bertz CT molecular complexity index is 411. The molecule has 0 aliphatic rings. The number of aromatic nitrogens is 2. The van der Waals surface area contributed by atoms with E-state index >= 15 is 0 Å². The van der Waals surface area contributed by atoms with Gasteiger partial charge in [-0.1, -0.05) is 42.4 Å². The van der Waals surface area contributed by atoms with Crippen LogP contribution in [0.3, 0.4) is 0 Å². The van der Waals surface area contributed by atoms with Crippen LogP contribution in [-0.2, 0) is 13.0 Å². The van der Waals surface area contributed by atoms with Crippen molar-refractivity contribution in [2.24, 2.45) is 0 Å². The molecule has 4 nitrogen and oxygen atoms in total. The first-order valence-electron chi connectivity index (χ1n) is 4.99. The molecule has 0 radical (unpaired) electrons. The number of aryl methyl sites for hydroxylation is 1. The van der Waals surface area contributed by atoms with Crippen LogP contribution < -0.4 is 5.32 Å². The summed E-state index contributed by atoms with van der Waals surface area (Å²) >= 11 is 0. The second-order valence-electron chi connectivity index (χ2n) is 3.21. The first-order chi connectivity index (χ1) is 7.38. The van der Waals surface area contributed by atoms with Gasteiger partial charge in [0.1, 0.15) is 0 Å². The fourth-order valence-electron chi connectivity index (χ4n) is 1.24. The molecule has 78 valence electrons. The van der Waals surface area contributed by atoms with Gasteiger partial charge in [0, 0.05) is 13.0 Å². The summed E-state index contributed by atoms with van der Waals surface area (Å²) in [5.41, 5.74) is 1.19. The Hall–Kier alpha value is -1.84. The van der Waals surface area contributed by atoms with E-state index in [0.717, 1.165) is 12.2 Å². The first kappa shape index (κ1) is 9.71. The SMILES string of the molecule is CCc1noc(NCc2ccccc2)n1. The third kappa shape index (κ3) is 2.56. The zero-order valence-corrected chi connectivity index (χ0v) is 8.60. The Morgan fingerprint density at radius 2 is 2.07 bits per heavy atom. The van der Waals surface area contributed by atoms with Crippen LogP contribution in [0.1, 0.15) is 18.3 Å². The highest BCUT2D eigenvalue weighted by Gasteiger charge is 2.02. The van der Waals surface area contributed by atoms with E-state index < -0.39 is 0 Å². The molecule has 4 heteroatoms. The largest absolute Gasteiger partial charge is 0.334 e. The van der Waals surface area contributed by atoms with Crippen molar-refractivity contribution in [1.82, 2.24) is 10.1 Å². The normalized spacial score (nSPS) is 10.2. The maximum Gasteiger partial charge on any atom is 0.321 e. The third-order valence-electron chi connectivity index (χ3n) is 2.07. The van der Waals surface area contributed by atoms with Crippen LogP contribution in [0.2, 0.25) is 0 Å². The van der Waals surface area contributed by atoms with E-state index in [1.165, 1.54) is 5.56 Å². The molecule has 0 spiro atoms. The molecule has 1 aromatic heterocycles. The molecule has 0 bridgehead atoms. The monoisotopic (exact) mass is 203 g/mol. The summed E-state index contributed by atoms with van der Waals surface area (Å²) in [6.45, 7) is 2.69. The van der Waals surface area contributed by atoms with Crippen LogP contribution in [0.4, 0.5) is 6.01 Å². The first-order valence-corrected chi connectivity index (χ1v) is 4.99. The van der Waals surface area contributed by atoms with Gasteiger partial charge < -0.3 is 9.84 Å². The molecule has 0 atom stereocenters. The van der Waals surface area contributed by atoms with Crippen LogP contribution in [0, 0.1) is 0 Å². The summed E-state index contributed by atoms with van der Waals surface area (Å²) in [6.07, 6.45) is 0.788. The number of rotatable bonds is 4. The minimum atomic E-state index is 0.482. The van der Waals surface area contributed by atoms with Gasteiger partial charge in [-0.25, -0.2) is 0 Å². The molecule has 1 heterocycles. The molecule has 0 unspecified atom stereocenters. The number of anilines is 1. The quantitative estimate of drug-likeness (QED) is 0.828. The molecule has 15 heavy (non-hydrogen) atoms. The Kier molecular flexibility index (Phi) is 2.97. The topological polar surface area (TPSA) is 51.0 Å². The fourth-order valence-corrected chi connectivity index (χ4v) is 1.24. The van der Waals surface area contributed by atoms with E-state index in [-0.39, 0.29) is 0 Å². The molecule has 0 aliphatic heterocycles. The minimum Gasteiger partial charge on any atom is -0.334 e. The minimum absolute atomic E-state index is 0.482. The van der Waals surface area contributed by atoms with Crippen molar-refractivity contribution < 1.29 is 4.52 Å². The molecular weight excluding hydrogens is 190 g/mol. The van der Waals surface area contributed by atoms with Crippen LogP contribution in [0.25, 0.3) is 0 Å². The molecule has 0 aliphatic carbocycles. The Labute approximate surface area is 88.3 Å². The maximum absolute atomic E-state index is 5.01. The number of nitrogens with one attached hydrogen (secondary N) is 1. The highest BCUT2D eigenvalue weighted by atomic mass is 16.5. The molecular formula is C11H13N3O. The van der Waals surface area contributed by atoms with Gasteiger partial charge in [-0.05, 0) is 5.56 Å². The summed E-state index contributed by atoms with van der Waals surface area (Å²) in [5.74, 6) is 0.727. The summed E-state index contributed by atoms with van der Waals surface area (Å²) in [7, 11) is 0. The lowest BCUT2D eigenvalue weighted by molar-refractivity contribution is 0.423. The van der Waals surface area contributed by atoms with E-state index in [4.69, 9.17) is 4.52 Å². The van der Waals surface area contributed by atoms with Crippen molar-refractivity contribution in [3.63, 3.8) is 0 Å². The highest BCUT2D eigenvalue weighted by molar-refractivity contribution is 5.23. The van der Waals surface area contributed by atoms with E-state index in [0.29, 0.717) is 12.6 Å². The van der Waals surface area contributed by atoms with E-state index in [2.05, 4.69) is 15.5 Å². The van der Waals surface area contributed by atoms with Gasteiger partial charge in [0.2, 0.25) is 0 Å². The number of hydrogen-bond donors (Lipinski definition) is 1. The number of nitrogens with zero attached hydrogens (tertiary/aromatic N) is 2. The standard InChI is InChI=1S/C11H13N3O/c1-2-10-13-11(15-14-10)12-8-9-6-4-3-5-7-9/h3-7H,2,8H2,1H3,(H,12,13,14). The number of hydrogen-bond acceptors (Lipinski definition) is 4. The summed E-state index contributed by atoms with van der Waals surface area (Å²) in [5, 5.41) is 6.87. The second-order valence-corrected chi connectivity index (χ2v) is 3.21. The van der Waals surface area contributed by atoms with Gasteiger partial charge >= 0.3 is 6.01 Å². The molecule has 0 fully saturated rings. The molecule has 2 aromatic rings. The van der Waals surface area contributed by atoms with Crippen LogP contribution in [-0.4, -0.2) is 10.1 Å². The second kappa shape index (κ2) is 4.59. The van der Waals surface area contributed by atoms with Gasteiger partial charge in [-0.2, -0.15) is 4.98 Å². The highest BCUT2D eigenvalue weighted by Crippen LogP contribution is 2.06. The van der Waals surface area contributed by atoms with Crippen molar-refractivity contribution in [2.45, 2.75) is 19.9 Å². The maximum atomic E-state index is 5.01. The molecule has 1 aromatic carbocycles. The van der Waals surface area contributed by atoms with Crippen molar-refractivity contribution in [3.05, 3.63) is 41.7 Å². The Morgan fingerprint density at radius 3 is 2.73 bits per heavy atom. The average molecular weight is 203 g/mol. The Morgan fingerprint density at radius 1 is 1.27 bits per heavy atom. The van der Waals surface area contributed by atoms with E-state index in [1.807, 2.05) is 37.3 Å². The third-order valence-corrected chi connectivity index (χ3v) is 2.07. The van der Waals surface area contributed by atoms with Gasteiger partial charge in [0.25, 0.3) is 0 Å². The molecule has 0 saturated carbocycles. The fraction of sp³-hybridized carbons (Fsp3) is 0.273. The Balaban J connectivity index is 1.93. The summed E-state index contributed by atoms with van der Waals surface area (Å²) < 4.78 is 5.01. The summed E-state index contributed by atoms with van der Waals surface area (Å²) in [6, 6.07) is 10.6. The van der Waals surface area contributed by atoms with Crippen LogP contribution in [0.15, 0.2) is 34.9 Å². The van der Waals surface area contributed by atoms with E-state index in [9.17, 15) is 0 Å². The number of benzene rings is 1. The lowest BCUT2D eigenvalue weighted by atomic mass is 10.2. The predicted octanol–water partition coefficient (Wildman–Crippen LogP) is 2.24. The smallest absolute Gasteiger partial charge is 0.321 e. The lowest BCUT2D eigenvalue weighted by Gasteiger charge is -1.99. The van der Waals surface area contributed by atoms with Crippen molar-refractivity contribution in [3.8, 4) is 0 Å². The molecule has 0 amide bonds. The molecule has 1 N–H and O–H groups in total. The van der Waals surface area contributed by atoms with Gasteiger partial charge in [0.15, 0.2) is 5.82 Å². The zero-order valence-electron chi connectivity index (χ0n) is 8.60. The van der Waals surface area contributed by atoms with Gasteiger partial charge in [-0.3, -0.25) is 0 Å². The average Bonchev–Trinajstić information content (AvgIpc) is 2.76. The van der Waals surface area contributed by atoms with Crippen molar-refractivity contribution >= 4 is 6.01 Å². The zero-order chi connectivity index (χ0) is 10.5. The predicted molar refractivity (Wildman–Crippen MR) is 57.4 cm³/mol. The van der Waals surface area contributed by atoms with Crippen LogP contribution in [0.5, 0.6) is 0 Å². The molecule has 2 rings (SSSR count). The van der Waals surface area contributed by atoms with Crippen molar-refractivity contribution in [2.75, 3.05) is 5.32 Å². The van der Waals surface area contributed by atoms with Crippen LogP contribution >= 0.6 is 0 Å². The van der Waals surface area contributed by atoms with Gasteiger partial charge in [-0.15, -0.1) is 0 Å². The molecule has 0 saturated heterocycles. The van der Waals surface area contributed by atoms with E-state index in [1.54, 1.807) is 0 Å². The van der Waals surface area contributed by atoms with Crippen molar-refractivity contribution in [1.29, 1.82) is 0 Å². The lowest BCUT2D eigenvalue weighted by Crippen LogP contribution is -1.99.